The summed E-state index contributed by atoms with van der Waals surface area (Å²) in [6, 6.07) is 2.36. The van der Waals surface area contributed by atoms with E-state index in [1.807, 2.05) is 0 Å². The molecule has 1 aromatic rings. The number of hydrogen-bond acceptors (Lipinski definition) is 6. The topological polar surface area (TPSA) is 97.1 Å². The number of carbonyl (C=O) groups excluding carboxylic acids is 4. The predicted octanol–water partition coefficient (Wildman–Crippen LogP) is 2.33. The molecule has 28 heavy (non-hydrogen) atoms. The van der Waals surface area contributed by atoms with Gasteiger partial charge in [0.15, 0.2) is 0 Å². The Morgan fingerprint density at radius 3 is 2.25 bits per heavy atom. The fraction of sp³-hybridized carbons (Fsp3) is 0.600. The van der Waals surface area contributed by atoms with Gasteiger partial charge in [0.2, 0.25) is 5.76 Å². The first-order valence-electron chi connectivity index (χ1n) is 9.77. The number of amides is 4. The van der Waals surface area contributed by atoms with E-state index in [2.05, 4.69) is 4.74 Å². The molecule has 1 aromatic heterocycles. The number of hydrogen-bond donors (Lipinski definition) is 0. The molecule has 148 valence electrons. The Morgan fingerprint density at radius 2 is 1.68 bits per heavy atom. The van der Waals surface area contributed by atoms with Gasteiger partial charge < -0.3 is 9.15 Å². The molecule has 0 N–H and O–H groups in total. The molecule has 4 aliphatic carbocycles. The highest BCUT2D eigenvalue weighted by Crippen LogP contribution is 2.58. The monoisotopic (exact) mass is 386 g/mol. The molecule has 4 amide bonds. The summed E-state index contributed by atoms with van der Waals surface area (Å²) in [6.07, 6.45) is 5.96. The zero-order valence-corrected chi connectivity index (χ0v) is 15.7. The van der Waals surface area contributed by atoms with E-state index in [1.54, 1.807) is 0 Å². The third-order valence-electron chi connectivity index (χ3n) is 6.90. The van der Waals surface area contributed by atoms with Gasteiger partial charge in [0, 0.05) is 0 Å². The molecule has 1 aliphatic heterocycles. The van der Waals surface area contributed by atoms with Crippen molar-refractivity contribution in [2.24, 2.45) is 17.8 Å². The van der Waals surface area contributed by atoms with Crippen LogP contribution in [0.4, 0.5) is 4.79 Å². The Morgan fingerprint density at radius 1 is 1.07 bits per heavy atom. The van der Waals surface area contributed by atoms with Crippen molar-refractivity contribution in [1.82, 2.24) is 9.80 Å². The van der Waals surface area contributed by atoms with Gasteiger partial charge in [0.25, 0.3) is 0 Å². The van der Waals surface area contributed by atoms with Crippen molar-refractivity contribution in [1.29, 1.82) is 0 Å². The smallest absolute Gasteiger partial charge is 0.373 e. The van der Waals surface area contributed by atoms with Gasteiger partial charge >= 0.3 is 23.8 Å². The molecule has 4 saturated carbocycles. The van der Waals surface area contributed by atoms with Gasteiger partial charge in [0.1, 0.15) is 5.76 Å². The van der Waals surface area contributed by atoms with Crippen LogP contribution < -0.4 is 0 Å². The maximum Gasteiger partial charge on any atom is 0.373 e. The Labute approximate surface area is 161 Å². The van der Waals surface area contributed by atoms with Crippen molar-refractivity contribution >= 4 is 23.8 Å². The molecule has 8 heteroatoms. The van der Waals surface area contributed by atoms with E-state index in [0.29, 0.717) is 17.8 Å². The summed E-state index contributed by atoms with van der Waals surface area (Å²) in [5, 5.41) is 0. The summed E-state index contributed by atoms with van der Waals surface area (Å²) in [5.74, 6) is -0.320. The van der Waals surface area contributed by atoms with Crippen LogP contribution in [-0.2, 0) is 20.9 Å². The number of urea groups is 1. The van der Waals surface area contributed by atoms with Crippen molar-refractivity contribution in [2.45, 2.75) is 50.6 Å². The molecule has 5 fully saturated rings. The molecule has 1 saturated heterocycles. The van der Waals surface area contributed by atoms with Crippen molar-refractivity contribution < 1.29 is 28.3 Å². The van der Waals surface area contributed by atoms with E-state index in [0.717, 1.165) is 24.2 Å². The fourth-order valence-electron chi connectivity index (χ4n) is 6.23. The van der Waals surface area contributed by atoms with Crippen molar-refractivity contribution in [3.8, 4) is 0 Å². The molecule has 0 radical (unpaired) electrons. The maximum absolute atomic E-state index is 13.1. The second-order valence-corrected chi connectivity index (χ2v) is 8.71. The summed E-state index contributed by atoms with van der Waals surface area (Å²) in [5.41, 5.74) is -0.506. The normalized spacial score (nSPS) is 33.9. The second kappa shape index (κ2) is 5.93. The van der Waals surface area contributed by atoms with Gasteiger partial charge in [-0.3, -0.25) is 9.59 Å². The van der Waals surface area contributed by atoms with Crippen LogP contribution in [0.5, 0.6) is 0 Å². The lowest BCUT2D eigenvalue weighted by molar-refractivity contribution is -0.150. The molecule has 8 nitrogen and oxygen atoms in total. The van der Waals surface area contributed by atoms with Gasteiger partial charge in [-0.25, -0.2) is 19.4 Å². The Bertz CT molecular complexity index is 852. The lowest BCUT2D eigenvalue weighted by Crippen LogP contribution is -2.61. The van der Waals surface area contributed by atoms with Gasteiger partial charge in [-0.2, -0.15) is 0 Å². The molecule has 0 spiro atoms. The number of carbonyl (C=O) groups is 4. The first-order chi connectivity index (χ1) is 13.4. The molecule has 0 atom stereocenters. The number of rotatable bonds is 4. The average molecular weight is 386 g/mol. The fourth-order valence-corrected chi connectivity index (χ4v) is 6.23. The van der Waals surface area contributed by atoms with Gasteiger partial charge in [-0.05, 0) is 68.4 Å². The zero-order chi connectivity index (χ0) is 19.6. The van der Waals surface area contributed by atoms with Crippen LogP contribution in [0.3, 0.4) is 0 Å². The Balaban J connectivity index is 1.40. The Hall–Kier alpha value is -2.64. The summed E-state index contributed by atoms with van der Waals surface area (Å²) < 4.78 is 9.96. The summed E-state index contributed by atoms with van der Waals surface area (Å²) in [7, 11) is 1.24. The minimum absolute atomic E-state index is 0.0131. The van der Waals surface area contributed by atoms with Crippen LogP contribution in [0.25, 0.3) is 0 Å². The SMILES string of the molecule is COC(=O)c1ccc(CN2C(=O)C(=O)N(C34CC5CC(CC(C5)C3)C4)C2=O)o1. The quantitative estimate of drug-likeness (QED) is 0.448. The van der Waals surface area contributed by atoms with Crippen molar-refractivity contribution in [2.75, 3.05) is 7.11 Å². The van der Waals surface area contributed by atoms with E-state index >= 15 is 0 Å². The lowest BCUT2D eigenvalue weighted by Gasteiger charge is -2.58. The largest absolute Gasteiger partial charge is 0.463 e. The molecule has 0 aromatic carbocycles. The number of methoxy groups -OCH3 is 1. The number of furan rings is 1. The number of esters is 1. The van der Waals surface area contributed by atoms with E-state index in [-0.39, 0.29) is 18.1 Å². The molecular weight excluding hydrogens is 364 g/mol. The summed E-state index contributed by atoms with van der Waals surface area (Å²) in [6.45, 7) is -0.177. The van der Waals surface area contributed by atoms with Crippen LogP contribution >= 0.6 is 0 Å². The third kappa shape index (κ3) is 2.43. The van der Waals surface area contributed by atoms with Crippen molar-refractivity contribution in [3.05, 3.63) is 23.7 Å². The van der Waals surface area contributed by atoms with Gasteiger partial charge in [-0.1, -0.05) is 0 Å². The third-order valence-corrected chi connectivity index (χ3v) is 6.90. The molecule has 5 aliphatic rings. The van der Waals surface area contributed by atoms with Crippen LogP contribution in [0, 0.1) is 17.8 Å². The van der Waals surface area contributed by atoms with E-state index in [4.69, 9.17) is 4.42 Å². The van der Waals surface area contributed by atoms with Crippen molar-refractivity contribution in [3.63, 3.8) is 0 Å². The number of ether oxygens (including phenoxy) is 1. The maximum atomic E-state index is 13.1. The van der Waals surface area contributed by atoms with Crippen LogP contribution in [0.1, 0.15) is 54.8 Å². The average Bonchev–Trinajstić information content (AvgIpc) is 3.19. The molecule has 6 rings (SSSR count). The van der Waals surface area contributed by atoms with Crippen LogP contribution in [0.2, 0.25) is 0 Å². The molecule has 0 unspecified atom stereocenters. The Kier molecular flexibility index (Phi) is 3.70. The standard InChI is InChI=1S/C20H22N2O6/c1-27-18(25)15-3-2-14(28-15)10-21-16(23)17(24)22(19(21)26)20-7-11-4-12(8-20)6-13(5-11)9-20/h2-3,11-13H,4-10H2,1H3. The second-order valence-electron chi connectivity index (χ2n) is 8.71. The first kappa shape index (κ1) is 17.5. The highest BCUT2D eigenvalue weighted by molar-refractivity contribution is 6.44. The first-order valence-corrected chi connectivity index (χ1v) is 9.77. The minimum Gasteiger partial charge on any atom is -0.463 e. The molecule has 2 heterocycles. The minimum atomic E-state index is -0.822. The number of nitrogens with zero attached hydrogens (tertiary/aromatic N) is 2. The summed E-state index contributed by atoms with van der Waals surface area (Å²) in [4.78, 5) is 52.2. The highest BCUT2D eigenvalue weighted by Gasteiger charge is 2.61. The molecule has 4 bridgehead atoms. The summed E-state index contributed by atoms with van der Waals surface area (Å²) >= 11 is 0. The van der Waals surface area contributed by atoms with E-state index < -0.39 is 29.4 Å². The lowest BCUT2D eigenvalue weighted by atomic mass is 9.52. The molecular formula is C20H22N2O6. The van der Waals surface area contributed by atoms with Gasteiger partial charge in [0.05, 0.1) is 19.2 Å². The van der Waals surface area contributed by atoms with Gasteiger partial charge in [-0.15, -0.1) is 0 Å². The zero-order valence-electron chi connectivity index (χ0n) is 15.7. The number of imide groups is 2. The predicted molar refractivity (Wildman–Crippen MR) is 93.7 cm³/mol. The van der Waals surface area contributed by atoms with Crippen LogP contribution in [-0.4, -0.2) is 46.3 Å². The van der Waals surface area contributed by atoms with E-state index in [9.17, 15) is 19.2 Å². The highest BCUT2D eigenvalue weighted by atomic mass is 16.5. The van der Waals surface area contributed by atoms with Crippen LogP contribution in [0.15, 0.2) is 16.5 Å². The van der Waals surface area contributed by atoms with E-state index in [1.165, 1.54) is 43.4 Å².